The first-order valence-electron chi connectivity index (χ1n) is 8.88. The SMILES string of the molecule is CC(C)(CBr)COCC(C)(C(=O)OCc1ccccc1)c1cccc(I)c1. The number of esters is 1. The van der Waals surface area contributed by atoms with Crippen LogP contribution in [0, 0.1) is 8.99 Å². The summed E-state index contributed by atoms with van der Waals surface area (Å²) in [5.74, 6) is -0.273. The summed E-state index contributed by atoms with van der Waals surface area (Å²) in [6.45, 7) is 7.23. The highest BCUT2D eigenvalue weighted by atomic mass is 127. The molecule has 1 unspecified atom stereocenters. The molecular weight excluding hydrogens is 519 g/mol. The molecule has 0 aliphatic carbocycles. The standard InChI is InChI=1S/C22H26BrIO3/c1-21(2,14-23)15-26-16-22(3,18-10-7-11-19(24)12-18)20(25)27-13-17-8-5-4-6-9-17/h4-12H,13-16H2,1-3H3. The van der Waals surface area contributed by atoms with E-state index in [2.05, 4.69) is 52.4 Å². The molecule has 0 aliphatic heterocycles. The molecule has 0 heterocycles. The van der Waals surface area contributed by atoms with Crippen LogP contribution in [0.4, 0.5) is 0 Å². The van der Waals surface area contributed by atoms with Crippen molar-refractivity contribution in [2.24, 2.45) is 5.41 Å². The molecule has 2 aromatic carbocycles. The van der Waals surface area contributed by atoms with E-state index in [1.807, 2.05) is 61.5 Å². The number of rotatable bonds is 9. The normalized spacial score (nSPS) is 13.8. The minimum atomic E-state index is -0.863. The molecule has 0 aliphatic rings. The smallest absolute Gasteiger partial charge is 0.318 e. The Morgan fingerprint density at radius 2 is 1.74 bits per heavy atom. The molecule has 0 bridgehead atoms. The van der Waals surface area contributed by atoms with Crippen LogP contribution in [-0.2, 0) is 26.3 Å². The van der Waals surface area contributed by atoms with Gasteiger partial charge in [0, 0.05) is 8.90 Å². The van der Waals surface area contributed by atoms with Gasteiger partial charge in [-0.3, -0.25) is 4.79 Å². The molecule has 0 radical (unpaired) electrons. The number of hydrogen-bond acceptors (Lipinski definition) is 3. The van der Waals surface area contributed by atoms with Gasteiger partial charge in [-0.1, -0.05) is 72.2 Å². The Kier molecular flexibility index (Phi) is 8.31. The van der Waals surface area contributed by atoms with Gasteiger partial charge in [0.2, 0.25) is 0 Å². The predicted octanol–water partition coefficient (Wildman–Crippen LogP) is 5.73. The van der Waals surface area contributed by atoms with Crippen molar-refractivity contribution in [1.82, 2.24) is 0 Å². The van der Waals surface area contributed by atoms with E-state index in [9.17, 15) is 4.79 Å². The van der Waals surface area contributed by atoms with Crippen molar-refractivity contribution in [2.45, 2.75) is 32.8 Å². The summed E-state index contributed by atoms with van der Waals surface area (Å²) in [5.41, 5.74) is 1.01. The number of benzene rings is 2. The number of carbonyl (C=O) groups is 1. The summed E-state index contributed by atoms with van der Waals surface area (Å²) in [4.78, 5) is 13.1. The highest BCUT2D eigenvalue weighted by Crippen LogP contribution is 2.29. The van der Waals surface area contributed by atoms with Crippen molar-refractivity contribution in [1.29, 1.82) is 0 Å². The molecule has 0 amide bonds. The molecule has 0 saturated heterocycles. The second kappa shape index (κ2) is 10.0. The van der Waals surface area contributed by atoms with Crippen LogP contribution in [0.1, 0.15) is 31.9 Å². The van der Waals surface area contributed by atoms with E-state index in [-0.39, 0.29) is 24.6 Å². The quantitative estimate of drug-likeness (QED) is 0.230. The fourth-order valence-corrected chi connectivity index (χ4v) is 3.25. The summed E-state index contributed by atoms with van der Waals surface area (Å²) in [5, 5.41) is 0.832. The van der Waals surface area contributed by atoms with E-state index in [0.717, 1.165) is 20.0 Å². The number of halogens is 2. The minimum absolute atomic E-state index is 0.0000352. The maximum atomic E-state index is 13.1. The minimum Gasteiger partial charge on any atom is -0.460 e. The Labute approximate surface area is 184 Å². The lowest BCUT2D eigenvalue weighted by atomic mass is 9.83. The summed E-state index contributed by atoms with van der Waals surface area (Å²) >= 11 is 5.77. The van der Waals surface area contributed by atoms with Gasteiger partial charge in [0.05, 0.1) is 13.2 Å². The van der Waals surface area contributed by atoms with Crippen molar-refractivity contribution >= 4 is 44.5 Å². The highest BCUT2D eigenvalue weighted by molar-refractivity contribution is 14.1. The zero-order valence-corrected chi connectivity index (χ0v) is 19.7. The maximum absolute atomic E-state index is 13.1. The zero-order chi connectivity index (χ0) is 19.9. The second-order valence-electron chi connectivity index (χ2n) is 7.69. The van der Waals surface area contributed by atoms with Crippen molar-refractivity contribution in [3.8, 4) is 0 Å². The van der Waals surface area contributed by atoms with E-state index in [4.69, 9.17) is 9.47 Å². The molecule has 27 heavy (non-hydrogen) atoms. The largest absolute Gasteiger partial charge is 0.460 e. The van der Waals surface area contributed by atoms with Gasteiger partial charge in [0.15, 0.2) is 0 Å². The van der Waals surface area contributed by atoms with Crippen LogP contribution in [0.25, 0.3) is 0 Å². The monoisotopic (exact) mass is 544 g/mol. The van der Waals surface area contributed by atoms with E-state index in [1.165, 1.54) is 0 Å². The molecule has 2 rings (SSSR count). The molecule has 1 atom stereocenters. The van der Waals surface area contributed by atoms with Gasteiger partial charge in [-0.05, 0) is 58.2 Å². The molecule has 2 aromatic rings. The first kappa shape index (κ1) is 22.4. The molecule has 0 fully saturated rings. The van der Waals surface area contributed by atoms with Gasteiger partial charge < -0.3 is 9.47 Å². The van der Waals surface area contributed by atoms with Crippen molar-refractivity contribution in [3.05, 3.63) is 69.3 Å². The molecule has 146 valence electrons. The van der Waals surface area contributed by atoms with Gasteiger partial charge in [-0.25, -0.2) is 0 Å². The molecule has 0 N–H and O–H groups in total. The van der Waals surface area contributed by atoms with Gasteiger partial charge in [-0.2, -0.15) is 0 Å². The average molecular weight is 545 g/mol. The summed E-state index contributed by atoms with van der Waals surface area (Å²) in [6.07, 6.45) is 0. The number of carbonyl (C=O) groups excluding carboxylic acids is 1. The van der Waals surface area contributed by atoms with E-state index in [1.54, 1.807) is 0 Å². The van der Waals surface area contributed by atoms with Crippen LogP contribution in [0.2, 0.25) is 0 Å². The molecule has 0 spiro atoms. The molecular formula is C22H26BrIO3. The fraction of sp³-hybridized carbons (Fsp3) is 0.409. The van der Waals surface area contributed by atoms with E-state index >= 15 is 0 Å². The van der Waals surface area contributed by atoms with Gasteiger partial charge in [-0.15, -0.1) is 0 Å². The van der Waals surface area contributed by atoms with E-state index in [0.29, 0.717) is 6.61 Å². The Morgan fingerprint density at radius 3 is 2.37 bits per heavy atom. The van der Waals surface area contributed by atoms with Crippen LogP contribution in [0.5, 0.6) is 0 Å². The third-order valence-corrected chi connectivity index (χ3v) is 6.56. The Morgan fingerprint density at radius 1 is 1.04 bits per heavy atom. The zero-order valence-electron chi connectivity index (χ0n) is 16.0. The number of alkyl halides is 1. The average Bonchev–Trinajstić information content (AvgIpc) is 2.66. The predicted molar refractivity (Wildman–Crippen MR) is 121 cm³/mol. The van der Waals surface area contributed by atoms with Gasteiger partial charge >= 0.3 is 5.97 Å². The van der Waals surface area contributed by atoms with E-state index < -0.39 is 5.41 Å². The number of hydrogen-bond donors (Lipinski definition) is 0. The van der Waals surface area contributed by atoms with Crippen LogP contribution >= 0.6 is 38.5 Å². The molecule has 3 nitrogen and oxygen atoms in total. The Bertz CT molecular complexity index is 748. The van der Waals surface area contributed by atoms with Crippen LogP contribution in [-0.4, -0.2) is 24.5 Å². The molecule has 0 saturated carbocycles. The van der Waals surface area contributed by atoms with Crippen molar-refractivity contribution in [3.63, 3.8) is 0 Å². The van der Waals surface area contributed by atoms with Crippen LogP contribution in [0.15, 0.2) is 54.6 Å². The Balaban J connectivity index is 2.16. The lowest BCUT2D eigenvalue weighted by Crippen LogP contribution is -2.40. The molecule has 0 aromatic heterocycles. The Hall–Kier alpha value is -0.920. The summed E-state index contributed by atoms with van der Waals surface area (Å²) < 4.78 is 12.7. The van der Waals surface area contributed by atoms with Crippen LogP contribution in [0.3, 0.4) is 0 Å². The van der Waals surface area contributed by atoms with Crippen molar-refractivity contribution < 1.29 is 14.3 Å². The highest BCUT2D eigenvalue weighted by Gasteiger charge is 2.38. The summed E-state index contributed by atoms with van der Waals surface area (Å²) in [7, 11) is 0. The van der Waals surface area contributed by atoms with Crippen molar-refractivity contribution in [2.75, 3.05) is 18.5 Å². The van der Waals surface area contributed by atoms with Gasteiger partial charge in [0.1, 0.15) is 12.0 Å². The number of ether oxygens (including phenoxy) is 2. The lowest BCUT2D eigenvalue weighted by molar-refractivity contribution is -0.154. The van der Waals surface area contributed by atoms with Crippen LogP contribution < -0.4 is 0 Å². The first-order chi connectivity index (χ1) is 12.8. The first-order valence-corrected chi connectivity index (χ1v) is 11.1. The second-order valence-corrected chi connectivity index (χ2v) is 9.50. The topological polar surface area (TPSA) is 35.5 Å². The maximum Gasteiger partial charge on any atom is 0.318 e. The molecule has 5 heteroatoms. The van der Waals surface area contributed by atoms with Gasteiger partial charge in [0.25, 0.3) is 0 Å². The summed E-state index contributed by atoms with van der Waals surface area (Å²) in [6, 6.07) is 17.7. The third kappa shape index (κ3) is 6.57. The fourth-order valence-electron chi connectivity index (χ4n) is 2.54. The lowest BCUT2D eigenvalue weighted by Gasteiger charge is -2.30. The third-order valence-electron chi connectivity index (χ3n) is 4.37.